The Morgan fingerprint density at radius 1 is 1.08 bits per heavy atom. The van der Waals surface area contributed by atoms with Crippen LogP contribution in [0.1, 0.15) is 0 Å². The molecule has 0 unspecified atom stereocenters. The van der Waals surface area contributed by atoms with Crippen LogP contribution < -0.4 is 25.0 Å². The molecule has 0 amide bonds. The predicted molar refractivity (Wildman–Crippen MR) is 132 cm³/mol. The molecule has 36 heavy (non-hydrogen) atoms. The highest BCUT2D eigenvalue weighted by Gasteiger charge is 2.31. The number of hydrogen-bond donors (Lipinski definition) is 2. The summed E-state index contributed by atoms with van der Waals surface area (Å²) in [5, 5.41) is 11.5. The number of rotatable bonds is 4. The second-order valence-corrected chi connectivity index (χ2v) is 8.69. The number of fused-ring (bicyclic) bond motifs is 6. The van der Waals surface area contributed by atoms with Crippen LogP contribution in [0.3, 0.4) is 0 Å². The van der Waals surface area contributed by atoms with Gasteiger partial charge in [-0.15, -0.1) is 0 Å². The minimum Gasteiger partial charge on any atom is -0.488 e. The van der Waals surface area contributed by atoms with Crippen molar-refractivity contribution in [3.05, 3.63) is 67.1 Å². The summed E-state index contributed by atoms with van der Waals surface area (Å²) in [5.74, 6) is 1.35. The summed E-state index contributed by atoms with van der Waals surface area (Å²) in [6, 6.07) is 12.4. The zero-order valence-corrected chi connectivity index (χ0v) is 19.1. The van der Waals surface area contributed by atoms with Gasteiger partial charge in [0.15, 0.2) is 23.0 Å². The van der Waals surface area contributed by atoms with Gasteiger partial charge in [0.2, 0.25) is 0 Å². The Morgan fingerprint density at radius 3 is 3.00 bits per heavy atom. The first-order valence-corrected chi connectivity index (χ1v) is 11.6. The molecule has 0 saturated carbocycles. The number of hydrogen-bond acceptors (Lipinski definition) is 9. The lowest BCUT2D eigenvalue weighted by molar-refractivity contribution is 0.250. The van der Waals surface area contributed by atoms with Gasteiger partial charge in [0, 0.05) is 43.7 Å². The number of benzene rings is 2. The fraction of sp³-hybridized carbons (Fsp3) is 0.200. The molecule has 3 aromatic heterocycles. The summed E-state index contributed by atoms with van der Waals surface area (Å²) >= 11 is 0. The molecule has 0 radical (unpaired) electrons. The number of piperazine rings is 1. The van der Waals surface area contributed by atoms with Gasteiger partial charge in [-0.05, 0) is 30.3 Å². The van der Waals surface area contributed by atoms with E-state index in [1.807, 2.05) is 6.07 Å². The standard InChI is InChI=1S/C25H21FN8O2/c26-18-9-15(1-4-21(18)36-17-5-7-34-22(10-17)29-14-31-34)32-25-23-19(28-13-30-25)2-3-20-24(23)35-12-16-11-27-6-8-33(16)20/h1-5,7,9-10,13-14,16,27H,6,8,11-12H2,(H,28,30,32)/t16-/m1/s1. The minimum atomic E-state index is -0.512. The smallest absolute Gasteiger partial charge is 0.167 e. The molecule has 2 aliphatic rings. The monoisotopic (exact) mass is 484 g/mol. The highest BCUT2D eigenvalue weighted by Crippen LogP contribution is 2.43. The van der Waals surface area contributed by atoms with Gasteiger partial charge in [-0.25, -0.2) is 23.9 Å². The van der Waals surface area contributed by atoms with Gasteiger partial charge >= 0.3 is 0 Å². The maximum Gasteiger partial charge on any atom is 0.167 e. The number of pyridine rings is 1. The molecule has 10 nitrogen and oxygen atoms in total. The first kappa shape index (κ1) is 20.8. The Balaban J connectivity index is 1.20. The quantitative estimate of drug-likeness (QED) is 0.397. The van der Waals surface area contributed by atoms with Crippen molar-refractivity contribution in [2.75, 3.05) is 36.5 Å². The molecule has 1 saturated heterocycles. The number of aromatic nitrogens is 5. The van der Waals surface area contributed by atoms with Gasteiger partial charge in [-0.1, -0.05) is 0 Å². The largest absolute Gasteiger partial charge is 0.488 e. The second kappa shape index (κ2) is 8.31. The molecular formula is C25H21FN8O2. The maximum atomic E-state index is 15.0. The SMILES string of the molecule is Fc1cc(Nc2ncnc3ccc4c(c23)OC[C@H]2CNCCN42)ccc1Oc1ccn2ncnc2c1. The van der Waals surface area contributed by atoms with Gasteiger partial charge in [0.05, 0.1) is 22.6 Å². The average Bonchev–Trinajstić information content (AvgIpc) is 3.38. The minimum absolute atomic E-state index is 0.0995. The van der Waals surface area contributed by atoms with E-state index in [9.17, 15) is 4.39 Å². The van der Waals surface area contributed by atoms with Gasteiger partial charge in [0.1, 0.15) is 30.8 Å². The van der Waals surface area contributed by atoms with Crippen LogP contribution in [0, 0.1) is 5.82 Å². The molecule has 2 aliphatic heterocycles. The third-order valence-electron chi connectivity index (χ3n) is 6.49. The Hall–Kier alpha value is -4.51. The molecule has 0 bridgehead atoms. The first-order chi connectivity index (χ1) is 17.7. The summed E-state index contributed by atoms with van der Waals surface area (Å²) in [6.45, 7) is 3.29. The van der Waals surface area contributed by atoms with Crippen LogP contribution in [0.2, 0.25) is 0 Å². The number of halogens is 1. The molecule has 180 valence electrons. The third kappa shape index (κ3) is 3.52. The highest BCUT2D eigenvalue weighted by molar-refractivity contribution is 6.00. The van der Waals surface area contributed by atoms with E-state index in [2.05, 4.69) is 41.7 Å². The van der Waals surface area contributed by atoms with E-state index in [-0.39, 0.29) is 11.8 Å². The second-order valence-electron chi connectivity index (χ2n) is 8.69. The van der Waals surface area contributed by atoms with E-state index in [4.69, 9.17) is 9.47 Å². The molecule has 2 aromatic carbocycles. The lowest BCUT2D eigenvalue weighted by Crippen LogP contribution is -2.55. The molecular weight excluding hydrogens is 463 g/mol. The normalized spacial score (nSPS) is 16.9. The molecule has 11 heteroatoms. The van der Waals surface area contributed by atoms with Crippen molar-refractivity contribution in [1.82, 2.24) is 29.9 Å². The van der Waals surface area contributed by atoms with E-state index >= 15 is 0 Å². The van der Waals surface area contributed by atoms with Crippen molar-refractivity contribution >= 4 is 33.7 Å². The van der Waals surface area contributed by atoms with Crippen LogP contribution in [-0.4, -0.2) is 56.8 Å². The summed E-state index contributed by atoms with van der Waals surface area (Å²) in [6.07, 6.45) is 4.64. The Labute approximate surface area is 204 Å². The van der Waals surface area contributed by atoms with Crippen LogP contribution in [0.25, 0.3) is 16.6 Å². The molecule has 0 aliphatic carbocycles. The Kier molecular flexibility index (Phi) is 4.81. The summed E-state index contributed by atoms with van der Waals surface area (Å²) in [7, 11) is 0. The van der Waals surface area contributed by atoms with Crippen LogP contribution in [0.5, 0.6) is 17.2 Å². The van der Waals surface area contributed by atoms with Crippen molar-refractivity contribution in [2.45, 2.75) is 6.04 Å². The Morgan fingerprint density at radius 2 is 2.06 bits per heavy atom. The van der Waals surface area contributed by atoms with Gasteiger partial charge in [-0.2, -0.15) is 5.10 Å². The number of nitrogens with zero attached hydrogens (tertiary/aromatic N) is 6. The fourth-order valence-corrected chi connectivity index (χ4v) is 4.77. The van der Waals surface area contributed by atoms with Crippen molar-refractivity contribution in [2.24, 2.45) is 0 Å². The molecule has 5 aromatic rings. The zero-order chi connectivity index (χ0) is 24.1. The van der Waals surface area contributed by atoms with Crippen LogP contribution in [0.15, 0.2) is 61.3 Å². The summed E-state index contributed by atoms with van der Waals surface area (Å²) in [4.78, 5) is 15.4. The molecule has 1 fully saturated rings. The Bertz CT molecular complexity index is 1610. The van der Waals surface area contributed by atoms with Crippen LogP contribution in [-0.2, 0) is 0 Å². The average molecular weight is 484 g/mol. The summed E-state index contributed by atoms with van der Waals surface area (Å²) in [5.41, 5.74) is 2.92. The van der Waals surface area contributed by atoms with E-state index in [1.165, 1.54) is 18.7 Å². The van der Waals surface area contributed by atoms with E-state index in [1.54, 1.807) is 35.0 Å². The van der Waals surface area contributed by atoms with Gasteiger partial charge < -0.3 is 25.0 Å². The first-order valence-electron chi connectivity index (χ1n) is 11.6. The van der Waals surface area contributed by atoms with Crippen molar-refractivity contribution in [1.29, 1.82) is 0 Å². The van der Waals surface area contributed by atoms with Crippen molar-refractivity contribution < 1.29 is 13.9 Å². The lowest BCUT2D eigenvalue weighted by Gasteiger charge is -2.42. The molecule has 7 rings (SSSR count). The molecule has 1 atom stereocenters. The number of anilines is 3. The van der Waals surface area contributed by atoms with Crippen LogP contribution in [0.4, 0.5) is 21.6 Å². The van der Waals surface area contributed by atoms with Gasteiger partial charge in [-0.3, -0.25) is 0 Å². The van der Waals surface area contributed by atoms with Crippen LogP contribution >= 0.6 is 0 Å². The molecule has 5 heterocycles. The third-order valence-corrected chi connectivity index (χ3v) is 6.49. The number of ether oxygens (including phenoxy) is 2. The zero-order valence-electron chi connectivity index (χ0n) is 19.1. The van der Waals surface area contributed by atoms with Gasteiger partial charge in [0.25, 0.3) is 0 Å². The topological polar surface area (TPSA) is 102 Å². The maximum absolute atomic E-state index is 15.0. The highest BCUT2D eigenvalue weighted by atomic mass is 19.1. The lowest BCUT2D eigenvalue weighted by atomic mass is 10.1. The predicted octanol–water partition coefficient (Wildman–Crippen LogP) is 3.52. The van der Waals surface area contributed by atoms with E-state index < -0.39 is 5.82 Å². The fourth-order valence-electron chi connectivity index (χ4n) is 4.77. The summed E-state index contributed by atoms with van der Waals surface area (Å²) < 4.78 is 28.6. The van der Waals surface area contributed by atoms with Crippen molar-refractivity contribution in [3.8, 4) is 17.2 Å². The van der Waals surface area contributed by atoms with E-state index in [0.717, 1.165) is 42.0 Å². The van der Waals surface area contributed by atoms with E-state index in [0.29, 0.717) is 29.5 Å². The van der Waals surface area contributed by atoms with Crippen molar-refractivity contribution in [3.63, 3.8) is 0 Å². The molecule has 2 N–H and O–H groups in total. The number of nitrogens with one attached hydrogen (secondary N) is 2. The molecule has 0 spiro atoms.